The number of nitrogens with zero attached hydrogens (tertiary/aromatic N) is 1. The third-order valence-electron chi connectivity index (χ3n) is 2.87. The molecule has 1 aromatic carbocycles. The van der Waals surface area contributed by atoms with Crippen LogP contribution in [0.5, 0.6) is 11.6 Å². The van der Waals surface area contributed by atoms with E-state index < -0.39 is 5.97 Å². The second-order valence-electron chi connectivity index (χ2n) is 5.67. The molecule has 0 radical (unpaired) electrons. The van der Waals surface area contributed by atoms with Crippen LogP contribution in [0.2, 0.25) is 5.02 Å². The maximum atomic E-state index is 11.2. The Morgan fingerprint density at radius 3 is 2.48 bits per heavy atom. The van der Waals surface area contributed by atoms with Gasteiger partial charge in [-0.25, -0.2) is 9.78 Å². The monoisotopic (exact) mass is 305 g/mol. The molecule has 5 heteroatoms. The first-order valence-electron chi connectivity index (χ1n) is 6.45. The van der Waals surface area contributed by atoms with Crippen LogP contribution in [0.15, 0.2) is 36.4 Å². The van der Waals surface area contributed by atoms with Crippen LogP contribution in [-0.4, -0.2) is 16.1 Å². The van der Waals surface area contributed by atoms with Gasteiger partial charge < -0.3 is 9.84 Å². The Hall–Kier alpha value is -2.07. The number of carboxylic acids is 1. The molecule has 0 aliphatic carbocycles. The molecule has 0 aliphatic heterocycles. The van der Waals surface area contributed by atoms with Crippen molar-refractivity contribution in [3.63, 3.8) is 0 Å². The van der Waals surface area contributed by atoms with E-state index in [0.29, 0.717) is 16.5 Å². The van der Waals surface area contributed by atoms with Gasteiger partial charge in [0.05, 0.1) is 16.3 Å². The molecule has 1 heterocycles. The van der Waals surface area contributed by atoms with E-state index in [4.69, 9.17) is 16.3 Å². The van der Waals surface area contributed by atoms with Crippen molar-refractivity contribution >= 4 is 17.6 Å². The lowest BCUT2D eigenvalue weighted by Gasteiger charge is -2.19. The van der Waals surface area contributed by atoms with Crippen molar-refractivity contribution in [2.24, 2.45) is 0 Å². The second kappa shape index (κ2) is 5.74. The fraction of sp³-hybridized carbons (Fsp3) is 0.250. The van der Waals surface area contributed by atoms with Crippen molar-refractivity contribution in [1.29, 1.82) is 0 Å². The number of halogens is 1. The molecular formula is C16H16ClNO3. The van der Waals surface area contributed by atoms with Crippen LogP contribution in [0.3, 0.4) is 0 Å². The van der Waals surface area contributed by atoms with Gasteiger partial charge in [-0.2, -0.15) is 0 Å². The minimum Gasteiger partial charge on any atom is -0.478 e. The first-order valence-corrected chi connectivity index (χ1v) is 6.83. The molecular weight excluding hydrogens is 290 g/mol. The number of pyridine rings is 1. The summed E-state index contributed by atoms with van der Waals surface area (Å²) in [5, 5.41) is 9.65. The predicted molar refractivity (Wildman–Crippen MR) is 81.4 cm³/mol. The smallest absolute Gasteiger partial charge is 0.335 e. The molecule has 1 N–H and O–H groups in total. The lowest BCUT2D eigenvalue weighted by atomic mass is 9.91. The summed E-state index contributed by atoms with van der Waals surface area (Å²) in [4.78, 5) is 15.6. The molecule has 0 aliphatic rings. The number of aromatic nitrogens is 1. The largest absolute Gasteiger partial charge is 0.478 e. The number of rotatable bonds is 3. The molecule has 0 atom stereocenters. The first kappa shape index (κ1) is 15.3. The van der Waals surface area contributed by atoms with E-state index >= 15 is 0 Å². The maximum absolute atomic E-state index is 11.2. The van der Waals surface area contributed by atoms with Gasteiger partial charge in [0.25, 0.3) is 0 Å². The number of aromatic carboxylic acids is 1. The minimum absolute atomic E-state index is 0.136. The number of carboxylic acid groups (broad SMARTS) is 1. The molecule has 21 heavy (non-hydrogen) atoms. The van der Waals surface area contributed by atoms with Gasteiger partial charge in [0.15, 0.2) is 0 Å². The van der Waals surface area contributed by atoms with Crippen molar-refractivity contribution in [3.8, 4) is 11.6 Å². The Labute approximate surface area is 128 Å². The number of para-hydroxylation sites is 1. The minimum atomic E-state index is -1.02. The third-order valence-corrected chi connectivity index (χ3v) is 3.18. The first-order chi connectivity index (χ1) is 9.77. The van der Waals surface area contributed by atoms with Gasteiger partial charge in [0.2, 0.25) is 5.88 Å². The molecule has 2 aromatic rings. The Balaban J connectivity index is 2.46. The summed E-state index contributed by atoms with van der Waals surface area (Å²) >= 11 is 6.04. The zero-order valence-corrected chi connectivity index (χ0v) is 12.8. The van der Waals surface area contributed by atoms with Gasteiger partial charge >= 0.3 is 5.97 Å². The van der Waals surface area contributed by atoms with Crippen LogP contribution in [0.4, 0.5) is 0 Å². The SMILES string of the molecule is CC(C)(C)c1cc(C(=O)O)cc(Oc2ccccc2Cl)n1. The molecule has 0 fully saturated rings. The zero-order chi connectivity index (χ0) is 15.6. The molecule has 0 unspecified atom stereocenters. The van der Waals surface area contributed by atoms with Gasteiger partial charge in [-0.05, 0) is 18.2 Å². The molecule has 0 spiro atoms. The summed E-state index contributed by atoms with van der Waals surface area (Å²) in [6, 6.07) is 9.92. The Morgan fingerprint density at radius 1 is 1.24 bits per heavy atom. The molecule has 0 saturated carbocycles. The highest BCUT2D eigenvalue weighted by molar-refractivity contribution is 6.32. The second-order valence-corrected chi connectivity index (χ2v) is 6.07. The normalized spacial score (nSPS) is 11.2. The van der Waals surface area contributed by atoms with Crippen molar-refractivity contribution in [2.75, 3.05) is 0 Å². The number of benzene rings is 1. The van der Waals surface area contributed by atoms with Crippen LogP contribution in [0, 0.1) is 0 Å². The van der Waals surface area contributed by atoms with Crippen LogP contribution in [0.1, 0.15) is 36.8 Å². The van der Waals surface area contributed by atoms with Gasteiger partial charge in [0.1, 0.15) is 5.75 Å². The molecule has 4 nitrogen and oxygen atoms in total. The van der Waals surface area contributed by atoms with E-state index in [9.17, 15) is 9.90 Å². The zero-order valence-electron chi connectivity index (χ0n) is 12.1. The summed E-state index contributed by atoms with van der Waals surface area (Å²) in [6.07, 6.45) is 0. The molecule has 1 aromatic heterocycles. The fourth-order valence-corrected chi connectivity index (χ4v) is 1.88. The molecule has 0 saturated heterocycles. The maximum Gasteiger partial charge on any atom is 0.335 e. The summed E-state index contributed by atoms with van der Waals surface area (Å²) in [5.41, 5.74) is 0.491. The molecule has 0 bridgehead atoms. The molecule has 110 valence electrons. The topological polar surface area (TPSA) is 59.4 Å². The highest BCUT2D eigenvalue weighted by Gasteiger charge is 2.20. The predicted octanol–water partition coefficient (Wildman–Crippen LogP) is 4.52. The van der Waals surface area contributed by atoms with E-state index in [1.54, 1.807) is 30.3 Å². The van der Waals surface area contributed by atoms with E-state index in [2.05, 4.69) is 4.98 Å². The third kappa shape index (κ3) is 3.73. The summed E-state index contributed by atoms with van der Waals surface area (Å²) < 4.78 is 5.63. The average molecular weight is 306 g/mol. The van der Waals surface area contributed by atoms with E-state index in [-0.39, 0.29) is 16.9 Å². The van der Waals surface area contributed by atoms with Crippen molar-refractivity contribution in [3.05, 3.63) is 52.7 Å². The van der Waals surface area contributed by atoms with E-state index in [1.165, 1.54) is 6.07 Å². The number of carbonyl (C=O) groups is 1. The number of ether oxygens (including phenoxy) is 1. The van der Waals surface area contributed by atoms with Gasteiger partial charge in [-0.15, -0.1) is 0 Å². The standard InChI is InChI=1S/C16H16ClNO3/c1-16(2,3)13-8-10(15(19)20)9-14(18-13)21-12-7-5-4-6-11(12)17/h4-9H,1-3H3,(H,19,20). The number of hydrogen-bond acceptors (Lipinski definition) is 3. The van der Waals surface area contributed by atoms with Gasteiger partial charge in [-0.3, -0.25) is 0 Å². The highest BCUT2D eigenvalue weighted by atomic mass is 35.5. The van der Waals surface area contributed by atoms with Crippen LogP contribution < -0.4 is 4.74 Å². The fourth-order valence-electron chi connectivity index (χ4n) is 1.71. The summed E-state index contributed by atoms with van der Waals surface area (Å²) in [6.45, 7) is 5.88. The Morgan fingerprint density at radius 2 is 1.90 bits per heavy atom. The van der Waals surface area contributed by atoms with Crippen LogP contribution in [0.25, 0.3) is 0 Å². The van der Waals surface area contributed by atoms with Crippen molar-refractivity contribution in [1.82, 2.24) is 4.98 Å². The van der Waals surface area contributed by atoms with Crippen LogP contribution >= 0.6 is 11.6 Å². The number of hydrogen-bond donors (Lipinski definition) is 1. The van der Waals surface area contributed by atoms with Gasteiger partial charge in [-0.1, -0.05) is 44.5 Å². The van der Waals surface area contributed by atoms with E-state index in [1.807, 2.05) is 20.8 Å². The van der Waals surface area contributed by atoms with Crippen molar-refractivity contribution < 1.29 is 14.6 Å². The Kier molecular flexibility index (Phi) is 4.19. The average Bonchev–Trinajstić information content (AvgIpc) is 2.40. The van der Waals surface area contributed by atoms with Gasteiger partial charge in [0, 0.05) is 11.5 Å². The molecule has 2 rings (SSSR count). The highest BCUT2D eigenvalue weighted by Crippen LogP contribution is 2.30. The summed E-state index contributed by atoms with van der Waals surface area (Å²) in [5.74, 6) is -0.367. The molecule has 0 amide bonds. The van der Waals surface area contributed by atoms with E-state index in [0.717, 1.165) is 0 Å². The lowest BCUT2D eigenvalue weighted by molar-refractivity contribution is 0.0696. The quantitative estimate of drug-likeness (QED) is 0.905. The Bertz CT molecular complexity index is 677. The lowest BCUT2D eigenvalue weighted by Crippen LogP contribution is -2.15. The summed E-state index contributed by atoms with van der Waals surface area (Å²) in [7, 11) is 0. The van der Waals surface area contributed by atoms with Crippen LogP contribution in [-0.2, 0) is 5.41 Å². The van der Waals surface area contributed by atoms with Crippen molar-refractivity contribution in [2.45, 2.75) is 26.2 Å².